The van der Waals surface area contributed by atoms with Crippen LogP contribution in [0.3, 0.4) is 0 Å². The van der Waals surface area contributed by atoms with Crippen LogP contribution in [0.5, 0.6) is 0 Å². The van der Waals surface area contributed by atoms with Crippen molar-refractivity contribution in [2.24, 2.45) is 0 Å². The number of rotatable bonds is 5. The Morgan fingerprint density at radius 1 is 1.03 bits per heavy atom. The van der Waals surface area contributed by atoms with Crippen LogP contribution in [0.1, 0.15) is 35.7 Å². The molecule has 1 aliphatic heterocycles. The Labute approximate surface area is 210 Å². The molecular weight excluding hydrogens is 509 g/mol. The summed E-state index contributed by atoms with van der Waals surface area (Å²) in [5, 5.41) is 3.20. The summed E-state index contributed by atoms with van der Waals surface area (Å²) in [6.45, 7) is 2.90. The maximum atomic E-state index is 12.8. The molecule has 0 atom stereocenters. The van der Waals surface area contributed by atoms with E-state index in [2.05, 4.69) is 30.2 Å². The zero-order valence-electron chi connectivity index (χ0n) is 19.9. The van der Waals surface area contributed by atoms with Crippen molar-refractivity contribution in [3.8, 4) is 0 Å². The van der Waals surface area contributed by atoms with Gasteiger partial charge in [-0.1, -0.05) is 0 Å². The minimum absolute atomic E-state index is 0.00199. The van der Waals surface area contributed by atoms with Crippen LogP contribution in [-0.4, -0.2) is 57.1 Å². The van der Waals surface area contributed by atoms with Gasteiger partial charge in [0.15, 0.2) is 26.3 Å². The number of halogens is 3. The van der Waals surface area contributed by atoms with Crippen LogP contribution in [-0.2, 0) is 16.0 Å². The quantitative estimate of drug-likeness (QED) is 0.410. The van der Waals surface area contributed by atoms with Crippen molar-refractivity contribution in [3.05, 3.63) is 60.1 Å². The number of pyridine rings is 1. The maximum absolute atomic E-state index is 12.8. The normalized spacial score (nSPS) is 15.3. The van der Waals surface area contributed by atoms with E-state index in [0.29, 0.717) is 35.9 Å². The van der Waals surface area contributed by atoms with Crippen LogP contribution in [0.4, 0.5) is 30.6 Å². The van der Waals surface area contributed by atoms with E-state index < -0.39 is 21.6 Å². The van der Waals surface area contributed by atoms with Gasteiger partial charge in [-0.05, 0) is 31.9 Å². The van der Waals surface area contributed by atoms with E-state index in [1.165, 1.54) is 6.07 Å². The number of aromatic nitrogens is 6. The van der Waals surface area contributed by atoms with Gasteiger partial charge in [0, 0.05) is 61.9 Å². The fourth-order valence-corrected chi connectivity index (χ4v) is 4.96. The van der Waals surface area contributed by atoms with E-state index in [9.17, 15) is 21.6 Å². The third kappa shape index (κ3) is 5.05. The highest BCUT2D eigenvalue weighted by Crippen LogP contribution is 2.32. The summed E-state index contributed by atoms with van der Waals surface area (Å²) in [6, 6.07) is 3.09. The number of sulfone groups is 1. The molecule has 5 heterocycles. The number of imidazole rings is 1. The number of fused-ring (bicyclic) bond motifs is 1. The molecule has 0 saturated carbocycles. The SMILES string of the molecule is Cc1nc(S(C)(=O)=O)ccc1Nc1nccn2c(C3CCN(c4ncc(C(F)(F)F)cn4)CC3)cnc12. The Kier molecular flexibility index (Phi) is 6.22. The van der Waals surface area contributed by atoms with Crippen molar-refractivity contribution in [2.45, 2.75) is 36.9 Å². The predicted octanol–water partition coefficient (Wildman–Crippen LogP) is 3.77. The van der Waals surface area contributed by atoms with Gasteiger partial charge in [0.1, 0.15) is 0 Å². The van der Waals surface area contributed by atoms with Gasteiger partial charge in [0.2, 0.25) is 5.95 Å². The second kappa shape index (κ2) is 9.25. The lowest BCUT2D eigenvalue weighted by molar-refractivity contribution is -0.138. The van der Waals surface area contributed by atoms with Gasteiger partial charge < -0.3 is 10.2 Å². The number of piperidine rings is 1. The number of anilines is 3. The summed E-state index contributed by atoms with van der Waals surface area (Å²) in [6.07, 6.45) is 5.04. The van der Waals surface area contributed by atoms with Crippen LogP contribution in [0.25, 0.3) is 5.65 Å². The van der Waals surface area contributed by atoms with E-state index in [0.717, 1.165) is 37.2 Å². The summed E-state index contributed by atoms with van der Waals surface area (Å²) in [7, 11) is -3.42. The van der Waals surface area contributed by atoms with Crippen molar-refractivity contribution >= 4 is 32.9 Å². The Hall–Kier alpha value is -3.81. The second-order valence-corrected chi connectivity index (χ2v) is 10.8. The molecule has 10 nitrogen and oxygen atoms in total. The van der Waals surface area contributed by atoms with Gasteiger partial charge in [0.05, 0.1) is 16.9 Å². The first-order chi connectivity index (χ1) is 17.5. The van der Waals surface area contributed by atoms with E-state index >= 15 is 0 Å². The molecular formula is C23H23F3N8O2S. The highest BCUT2D eigenvalue weighted by molar-refractivity contribution is 7.90. The monoisotopic (exact) mass is 532 g/mol. The van der Waals surface area contributed by atoms with E-state index in [1.54, 1.807) is 25.4 Å². The Balaban J connectivity index is 1.32. The molecule has 0 aliphatic carbocycles. The Morgan fingerprint density at radius 2 is 1.73 bits per heavy atom. The van der Waals surface area contributed by atoms with Gasteiger partial charge in [-0.2, -0.15) is 13.2 Å². The number of nitrogens with one attached hydrogen (secondary N) is 1. The highest BCUT2D eigenvalue weighted by Gasteiger charge is 2.32. The topological polar surface area (TPSA) is 118 Å². The fraction of sp³-hybridized carbons (Fsp3) is 0.348. The van der Waals surface area contributed by atoms with Crippen molar-refractivity contribution in [1.29, 1.82) is 0 Å². The first-order valence-electron chi connectivity index (χ1n) is 11.4. The molecule has 0 radical (unpaired) electrons. The Morgan fingerprint density at radius 3 is 2.35 bits per heavy atom. The minimum atomic E-state index is -4.47. The molecule has 194 valence electrons. The average Bonchev–Trinajstić information content (AvgIpc) is 3.29. The highest BCUT2D eigenvalue weighted by atomic mass is 32.2. The van der Waals surface area contributed by atoms with Crippen molar-refractivity contribution in [2.75, 3.05) is 29.6 Å². The third-order valence-electron chi connectivity index (χ3n) is 6.31. The number of hydrogen-bond donors (Lipinski definition) is 1. The van der Waals surface area contributed by atoms with Crippen LogP contribution in [0, 0.1) is 6.92 Å². The summed E-state index contributed by atoms with van der Waals surface area (Å²) in [5.41, 5.74) is 1.86. The van der Waals surface area contributed by atoms with E-state index in [4.69, 9.17) is 0 Å². The lowest BCUT2D eigenvalue weighted by Crippen LogP contribution is -2.34. The molecule has 0 amide bonds. The molecule has 1 N–H and O–H groups in total. The number of alkyl halides is 3. The van der Waals surface area contributed by atoms with E-state index in [1.807, 2.05) is 15.5 Å². The van der Waals surface area contributed by atoms with Crippen LogP contribution in [0.15, 0.2) is 48.1 Å². The van der Waals surface area contributed by atoms with E-state index in [-0.39, 0.29) is 16.9 Å². The molecule has 1 saturated heterocycles. The molecule has 4 aromatic heterocycles. The summed E-state index contributed by atoms with van der Waals surface area (Å²) >= 11 is 0. The first-order valence-corrected chi connectivity index (χ1v) is 13.3. The van der Waals surface area contributed by atoms with Gasteiger partial charge >= 0.3 is 6.18 Å². The van der Waals surface area contributed by atoms with Crippen molar-refractivity contribution in [1.82, 2.24) is 29.3 Å². The smallest absolute Gasteiger partial charge is 0.341 e. The molecule has 37 heavy (non-hydrogen) atoms. The number of aryl methyl sites for hydroxylation is 1. The van der Waals surface area contributed by atoms with Crippen LogP contribution in [0.2, 0.25) is 0 Å². The fourth-order valence-electron chi connectivity index (χ4n) is 4.34. The molecule has 0 bridgehead atoms. The minimum Gasteiger partial charge on any atom is -0.341 e. The molecule has 4 aromatic rings. The molecule has 0 spiro atoms. The zero-order valence-corrected chi connectivity index (χ0v) is 20.8. The lowest BCUT2D eigenvalue weighted by Gasteiger charge is -2.31. The summed E-state index contributed by atoms with van der Waals surface area (Å²) < 4.78 is 63.9. The zero-order chi connectivity index (χ0) is 26.4. The second-order valence-electron chi connectivity index (χ2n) is 8.86. The lowest BCUT2D eigenvalue weighted by atomic mass is 9.94. The van der Waals surface area contributed by atoms with Gasteiger partial charge in [0.25, 0.3) is 0 Å². The Bertz CT molecular complexity index is 1550. The standard InChI is InChI=1S/C23H23F3N8O2S/c1-14-17(3-4-19(31-14)37(2,35)36)32-20-21-28-13-18(34(21)10-7-27-20)15-5-8-33(9-6-15)22-29-11-16(12-30-22)23(24,25)26/h3-4,7,10-13,15H,5-6,8-9H2,1-2H3,(H,27,32). The maximum Gasteiger partial charge on any atom is 0.419 e. The van der Waals surface area contributed by atoms with Crippen molar-refractivity contribution in [3.63, 3.8) is 0 Å². The molecule has 1 aliphatic rings. The summed E-state index contributed by atoms with van der Waals surface area (Å²) in [5.74, 6) is 0.959. The van der Waals surface area contributed by atoms with Crippen LogP contribution < -0.4 is 10.2 Å². The number of nitrogens with zero attached hydrogens (tertiary/aromatic N) is 7. The first kappa shape index (κ1) is 24.9. The van der Waals surface area contributed by atoms with Gasteiger partial charge in [-0.25, -0.2) is 33.3 Å². The van der Waals surface area contributed by atoms with Crippen LogP contribution >= 0.6 is 0 Å². The predicted molar refractivity (Wildman–Crippen MR) is 130 cm³/mol. The van der Waals surface area contributed by atoms with Gasteiger partial charge in [-0.3, -0.25) is 4.40 Å². The molecule has 0 unspecified atom stereocenters. The largest absolute Gasteiger partial charge is 0.419 e. The molecule has 0 aromatic carbocycles. The summed E-state index contributed by atoms with van der Waals surface area (Å²) in [4.78, 5) is 22.8. The molecule has 1 fully saturated rings. The number of hydrogen-bond acceptors (Lipinski definition) is 9. The molecule has 5 rings (SSSR count). The third-order valence-corrected chi connectivity index (χ3v) is 7.30. The average molecular weight is 533 g/mol. The molecule has 14 heteroatoms. The van der Waals surface area contributed by atoms with Gasteiger partial charge in [-0.15, -0.1) is 0 Å². The van der Waals surface area contributed by atoms with Crippen molar-refractivity contribution < 1.29 is 21.6 Å².